The number of nitriles is 1. The van der Waals surface area contributed by atoms with Gasteiger partial charge in [0.05, 0.1) is 11.6 Å². The topological polar surface area (TPSA) is 60.2 Å². The van der Waals surface area contributed by atoms with E-state index in [0.717, 1.165) is 5.56 Å². The minimum absolute atomic E-state index is 0.631. The molecule has 0 amide bonds. The van der Waals surface area contributed by atoms with Crippen LogP contribution in [0.5, 0.6) is 0 Å². The van der Waals surface area contributed by atoms with E-state index in [1.165, 1.54) is 0 Å². The third-order valence-electron chi connectivity index (χ3n) is 2.15. The van der Waals surface area contributed by atoms with E-state index in [2.05, 4.69) is 28.3 Å². The van der Waals surface area contributed by atoms with Gasteiger partial charge in [0.25, 0.3) is 0 Å². The van der Waals surface area contributed by atoms with E-state index >= 15 is 0 Å². The predicted molar refractivity (Wildman–Crippen MR) is 69.6 cm³/mol. The molecule has 0 aliphatic rings. The van der Waals surface area contributed by atoms with Crippen molar-refractivity contribution in [3.05, 3.63) is 48.0 Å². The van der Waals surface area contributed by atoms with Gasteiger partial charge in [0, 0.05) is 20.1 Å². The summed E-state index contributed by atoms with van der Waals surface area (Å²) in [5.41, 5.74) is 1.71. The molecule has 0 saturated carbocycles. The minimum atomic E-state index is 0.631. The molecule has 4 heteroatoms. The maximum Gasteiger partial charge on any atom is 0.191 e. The standard InChI is InChI=1S/C13H16N4/c1-3-7-16-13(15-2)17-10-12-6-4-5-11(8-12)9-14/h3-6,8H,1,7,10H2,2H3,(H2,15,16,17). The fraction of sp³-hybridized carbons (Fsp3) is 0.231. The van der Waals surface area contributed by atoms with Crippen LogP contribution in [0.2, 0.25) is 0 Å². The van der Waals surface area contributed by atoms with Crippen LogP contribution in [0.1, 0.15) is 11.1 Å². The molecular weight excluding hydrogens is 212 g/mol. The molecule has 0 unspecified atom stereocenters. The van der Waals surface area contributed by atoms with Gasteiger partial charge < -0.3 is 10.6 Å². The highest BCUT2D eigenvalue weighted by atomic mass is 15.2. The number of benzene rings is 1. The highest BCUT2D eigenvalue weighted by Crippen LogP contribution is 2.03. The Morgan fingerprint density at radius 1 is 1.53 bits per heavy atom. The van der Waals surface area contributed by atoms with Crippen molar-refractivity contribution in [1.82, 2.24) is 10.6 Å². The Bertz CT molecular complexity index is 443. The molecule has 0 fully saturated rings. The van der Waals surface area contributed by atoms with Crippen LogP contribution in [-0.4, -0.2) is 19.6 Å². The molecule has 0 bridgehead atoms. The average Bonchev–Trinajstić information content (AvgIpc) is 2.39. The molecule has 1 rings (SSSR count). The molecule has 0 atom stereocenters. The van der Waals surface area contributed by atoms with Gasteiger partial charge in [-0.25, -0.2) is 0 Å². The molecule has 1 aromatic carbocycles. The Hall–Kier alpha value is -2.28. The number of guanidine groups is 1. The van der Waals surface area contributed by atoms with E-state index < -0.39 is 0 Å². The van der Waals surface area contributed by atoms with Crippen LogP contribution < -0.4 is 10.6 Å². The molecule has 2 N–H and O–H groups in total. The van der Waals surface area contributed by atoms with Crippen LogP contribution in [0.15, 0.2) is 41.9 Å². The van der Waals surface area contributed by atoms with E-state index in [1.807, 2.05) is 18.2 Å². The van der Waals surface area contributed by atoms with E-state index in [-0.39, 0.29) is 0 Å². The van der Waals surface area contributed by atoms with Crippen molar-refractivity contribution in [2.75, 3.05) is 13.6 Å². The predicted octanol–water partition coefficient (Wildman–Crippen LogP) is 1.41. The first-order valence-electron chi connectivity index (χ1n) is 5.34. The summed E-state index contributed by atoms with van der Waals surface area (Å²) in [5, 5.41) is 15.0. The Labute approximate surface area is 102 Å². The zero-order chi connectivity index (χ0) is 12.5. The summed E-state index contributed by atoms with van der Waals surface area (Å²) >= 11 is 0. The number of hydrogen-bond acceptors (Lipinski definition) is 2. The first kappa shape index (κ1) is 12.8. The highest BCUT2D eigenvalue weighted by molar-refractivity contribution is 5.79. The Morgan fingerprint density at radius 3 is 3.00 bits per heavy atom. The molecule has 0 aliphatic heterocycles. The Kier molecular flexibility index (Phi) is 5.32. The third kappa shape index (κ3) is 4.39. The van der Waals surface area contributed by atoms with Crippen molar-refractivity contribution in [3.63, 3.8) is 0 Å². The monoisotopic (exact) mass is 228 g/mol. The van der Waals surface area contributed by atoms with Gasteiger partial charge in [0.2, 0.25) is 0 Å². The van der Waals surface area contributed by atoms with E-state index in [4.69, 9.17) is 5.26 Å². The van der Waals surface area contributed by atoms with Crippen molar-refractivity contribution in [3.8, 4) is 6.07 Å². The van der Waals surface area contributed by atoms with Crippen LogP contribution in [0.3, 0.4) is 0 Å². The Morgan fingerprint density at radius 2 is 2.35 bits per heavy atom. The smallest absolute Gasteiger partial charge is 0.191 e. The van der Waals surface area contributed by atoms with Crippen molar-refractivity contribution in [2.24, 2.45) is 4.99 Å². The van der Waals surface area contributed by atoms with Crippen LogP contribution in [0.4, 0.5) is 0 Å². The molecule has 0 saturated heterocycles. The summed E-state index contributed by atoms with van der Waals surface area (Å²) < 4.78 is 0. The highest BCUT2D eigenvalue weighted by Gasteiger charge is 1.97. The van der Waals surface area contributed by atoms with Crippen LogP contribution in [0, 0.1) is 11.3 Å². The number of aliphatic imine (C=N–C) groups is 1. The van der Waals surface area contributed by atoms with Gasteiger partial charge in [-0.2, -0.15) is 5.26 Å². The molecular formula is C13H16N4. The summed E-state index contributed by atoms with van der Waals surface area (Å²) in [6.45, 7) is 4.92. The largest absolute Gasteiger partial charge is 0.353 e. The van der Waals surface area contributed by atoms with Crippen molar-refractivity contribution >= 4 is 5.96 Å². The maximum atomic E-state index is 8.78. The van der Waals surface area contributed by atoms with Crippen molar-refractivity contribution in [2.45, 2.75) is 6.54 Å². The van der Waals surface area contributed by atoms with Gasteiger partial charge in [0.15, 0.2) is 5.96 Å². The quantitative estimate of drug-likeness (QED) is 0.465. The third-order valence-corrected chi connectivity index (χ3v) is 2.15. The lowest BCUT2D eigenvalue weighted by molar-refractivity contribution is 0.847. The fourth-order valence-corrected chi connectivity index (χ4v) is 1.33. The average molecular weight is 228 g/mol. The molecule has 0 aromatic heterocycles. The lowest BCUT2D eigenvalue weighted by atomic mass is 10.1. The van der Waals surface area contributed by atoms with E-state index in [0.29, 0.717) is 24.6 Å². The minimum Gasteiger partial charge on any atom is -0.353 e. The van der Waals surface area contributed by atoms with Crippen molar-refractivity contribution < 1.29 is 0 Å². The second-order valence-corrected chi connectivity index (χ2v) is 3.41. The molecule has 0 radical (unpaired) electrons. The number of hydrogen-bond donors (Lipinski definition) is 2. The first-order valence-corrected chi connectivity index (χ1v) is 5.34. The van der Waals surface area contributed by atoms with Crippen molar-refractivity contribution in [1.29, 1.82) is 5.26 Å². The Balaban J connectivity index is 2.54. The van der Waals surface area contributed by atoms with E-state index in [1.54, 1.807) is 19.2 Å². The van der Waals surface area contributed by atoms with Gasteiger partial charge in [-0.15, -0.1) is 6.58 Å². The van der Waals surface area contributed by atoms with Gasteiger partial charge in [-0.05, 0) is 17.7 Å². The maximum absolute atomic E-state index is 8.78. The zero-order valence-electron chi connectivity index (χ0n) is 9.90. The second-order valence-electron chi connectivity index (χ2n) is 3.41. The molecule has 0 spiro atoms. The molecule has 0 heterocycles. The first-order chi connectivity index (χ1) is 8.30. The zero-order valence-corrected chi connectivity index (χ0v) is 9.90. The number of nitrogens with zero attached hydrogens (tertiary/aromatic N) is 2. The number of nitrogens with one attached hydrogen (secondary N) is 2. The summed E-state index contributed by atoms with van der Waals surface area (Å²) in [4.78, 5) is 4.06. The molecule has 17 heavy (non-hydrogen) atoms. The fourth-order valence-electron chi connectivity index (χ4n) is 1.33. The second kappa shape index (κ2) is 7.07. The summed E-state index contributed by atoms with van der Waals surface area (Å²) in [6, 6.07) is 9.59. The van der Waals surface area contributed by atoms with Crippen LogP contribution in [-0.2, 0) is 6.54 Å². The summed E-state index contributed by atoms with van der Waals surface area (Å²) in [7, 11) is 1.71. The lowest BCUT2D eigenvalue weighted by Gasteiger charge is -2.10. The normalized spacial score (nSPS) is 10.5. The van der Waals surface area contributed by atoms with Gasteiger partial charge in [0.1, 0.15) is 0 Å². The summed E-state index contributed by atoms with van der Waals surface area (Å²) in [5.74, 6) is 0.715. The number of rotatable bonds is 4. The van der Waals surface area contributed by atoms with Crippen LogP contribution >= 0.6 is 0 Å². The molecule has 0 aliphatic carbocycles. The SMILES string of the molecule is C=CCNC(=NC)NCc1cccc(C#N)c1. The molecule has 88 valence electrons. The van der Waals surface area contributed by atoms with Gasteiger partial charge in [-0.3, -0.25) is 4.99 Å². The summed E-state index contributed by atoms with van der Waals surface area (Å²) in [6.07, 6.45) is 1.77. The molecule has 1 aromatic rings. The van der Waals surface area contributed by atoms with Gasteiger partial charge >= 0.3 is 0 Å². The molecule has 4 nitrogen and oxygen atoms in total. The van der Waals surface area contributed by atoms with Gasteiger partial charge in [-0.1, -0.05) is 18.2 Å². The van der Waals surface area contributed by atoms with E-state index in [9.17, 15) is 0 Å². The lowest BCUT2D eigenvalue weighted by Crippen LogP contribution is -2.36. The van der Waals surface area contributed by atoms with Crippen LogP contribution in [0.25, 0.3) is 0 Å².